The molecule has 0 atom stereocenters. The average molecular weight is 481 g/mol. The van der Waals surface area contributed by atoms with Crippen molar-refractivity contribution in [2.75, 3.05) is 23.3 Å². The molecule has 0 radical (unpaired) electrons. The highest BCUT2D eigenvalue weighted by Gasteiger charge is 2.22. The maximum atomic E-state index is 6.15. The Morgan fingerprint density at radius 1 is 1.00 bits per heavy atom. The van der Waals surface area contributed by atoms with Crippen molar-refractivity contribution in [2.45, 2.75) is 45.2 Å². The van der Waals surface area contributed by atoms with Gasteiger partial charge < -0.3 is 20.5 Å². The van der Waals surface area contributed by atoms with E-state index in [1.165, 1.54) is 16.5 Å². The Balaban J connectivity index is 1.36. The van der Waals surface area contributed by atoms with Gasteiger partial charge in [-0.1, -0.05) is 50.2 Å². The zero-order valence-electron chi connectivity index (χ0n) is 20.8. The molecule has 0 aliphatic carbocycles. The fraction of sp³-hybridized carbons (Fsp3) is 0.321. The van der Waals surface area contributed by atoms with E-state index in [1.54, 1.807) is 0 Å². The first-order valence-corrected chi connectivity index (χ1v) is 12.7. The van der Waals surface area contributed by atoms with Crippen LogP contribution in [0.15, 0.2) is 67.0 Å². The molecule has 6 rings (SSSR count). The lowest BCUT2D eigenvalue weighted by atomic mass is 10.1. The summed E-state index contributed by atoms with van der Waals surface area (Å²) in [6.45, 7) is 6.68. The third kappa shape index (κ3) is 4.07. The van der Waals surface area contributed by atoms with Gasteiger partial charge in [0.05, 0.1) is 17.4 Å². The summed E-state index contributed by atoms with van der Waals surface area (Å²) in [6, 6.07) is 19.3. The molecule has 5 aromatic rings. The van der Waals surface area contributed by atoms with E-state index in [4.69, 9.17) is 15.7 Å². The number of nitrogens with zero attached hydrogens (tertiary/aromatic N) is 6. The Labute approximate surface area is 210 Å². The number of para-hydroxylation sites is 2. The fourth-order valence-corrected chi connectivity index (χ4v) is 5.01. The van der Waals surface area contributed by atoms with E-state index in [1.807, 2.05) is 10.7 Å². The van der Waals surface area contributed by atoms with Gasteiger partial charge in [-0.05, 0) is 47.9 Å². The fourth-order valence-electron chi connectivity index (χ4n) is 5.01. The number of piperidine rings is 1. The molecule has 184 valence electrons. The van der Waals surface area contributed by atoms with Gasteiger partial charge in [-0.2, -0.15) is 19.6 Å². The van der Waals surface area contributed by atoms with Crippen molar-refractivity contribution in [3.8, 4) is 5.69 Å². The summed E-state index contributed by atoms with van der Waals surface area (Å²) in [7, 11) is 0. The van der Waals surface area contributed by atoms with Crippen LogP contribution in [0.2, 0.25) is 0 Å². The van der Waals surface area contributed by atoms with Gasteiger partial charge in [-0.25, -0.2) is 0 Å². The quantitative estimate of drug-likeness (QED) is 0.365. The van der Waals surface area contributed by atoms with Crippen molar-refractivity contribution in [1.82, 2.24) is 24.1 Å². The molecule has 36 heavy (non-hydrogen) atoms. The molecule has 1 saturated heterocycles. The molecule has 3 N–H and O–H groups in total. The SMILES string of the molecule is CC(C)c1cnn2c(NCc3ccccc3-n3ccc4ccccc43)nc(N3CCC(N)CC3)nc12. The Morgan fingerprint density at radius 2 is 1.78 bits per heavy atom. The number of hydrogen-bond acceptors (Lipinski definition) is 6. The predicted molar refractivity (Wildman–Crippen MR) is 145 cm³/mol. The number of rotatable bonds is 6. The molecule has 2 aromatic carbocycles. The van der Waals surface area contributed by atoms with Crippen molar-refractivity contribution in [3.05, 3.63) is 78.1 Å². The lowest BCUT2D eigenvalue weighted by Gasteiger charge is -2.30. The standard InChI is InChI=1S/C28H32N8/c1-19(2)23-18-31-36-26(23)32-28(34-14-12-22(29)13-15-34)33-27(36)30-17-21-8-4-6-10-25(21)35-16-11-20-7-3-5-9-24(20)35/h3-11,16,18-19,22H,12-15,17,29H2,1-2H3,(H,30,32,33). The van der Waals surface area contributed by atoms with Crippen LogP contribution in [0.4, 0.5) is 11.9 Å². The van der Waals surface area contributed by atoms with Gasteiger partial charge in [0, 0.05) is 37.4 Å². The van der Waals surface area contributed by atoms with Crippen LogP contribution in [-0.4, -0.2) is 43.3 Å². The average Bonchev–Trinajstić information content (AvgIpc) is 3.52. The molecular weight excluding hydrogens is 448 g/mol. The molecule has 0 amide bonds. The monoisotopic (exact) mass is 480 g/mol. The lowest BCUT2D eigenvalue weighted by Crippen LogP contribution is -2.40. The minimum atomic E-state index is 0.255. The molecule has 4 heterocycles. The summed E-state index contributed by atoms with van der Waals surface area (Å²) in [4.78, 5) is 12.1. The normalized spacial score (nSPS) is 14.8. The van der Waals surface area contributed by atoms with Crippen molar-refractivity contribution in [2.24, 2.45) is 5.73 Å². The molecule has 8 heteroatoms. The summed E-state index contributed by atoms with van der Waals surface area (Å²) in [5.74, 6) is 1.75. The second kappa shape index (κ2) is 9.28. The van der Waals surface area contributed by atoms with Crippen LogP contribution in [-0.2, 0) is 6.54 Å². The van der Waals surface area contributed by atoms with Gasteiger partial charge in [0.25, 0.3) is 0 Å². The van der Waals surface area contributed by atoms with Crippen LogP contribution in [0, 0.1) is 0 Å². The summed E-state index contributed by atoms with van der Waals surface area (Å²) in [6.07, 6.45) is 5.95. The molecule has 0 bridgehead atoms. The van der Waals surface area contributed by atoms with Gasteiger partial charge in [0.1, 0.15) is 0 Å². The molecule has 0 spiro atoms. The van der Waals surface area contributed by atoms with E-state index in [2.05, 4.69) is 94.5 Å². The maximum Gasteiger partial charge on any atom is 0.230 e. The first-order chi connectivity index (χ1) is 17.6. The number of nitrogens with two attached hydrogens (primary N) is 1. The van der Waals surface area contributed by atoms with E-state index in [9.17, 15) is 0 Å². The second-order valence-corrected chi connectivity index (χ2v) is 9.89. The minimum Gasteiger partial charge on any atom is -0.350 e. The number of anilines is 2. The summed E-state index contributed by atoms with van der Waals surface area (Å²) >= 11 is 0. The topological polar surface area (TPSA) is 89.3 Å². The third-order valence-corrected chi connectivity index (χ3v) is 7.12. The molecule has 1 fully saturated rings. The highest BCUT2D eigenvalue weighted by Crippen LogP contribution is 2.26. The summed E-state index contributed by atoms with van der Waals surface area (Å²) < 4.78 is 4.08. The van der Waals surface area contributed by atoms with Crippen molar-refractivity contribution < 1.29 is 0 Å². The molecule has 1 aliphatic heterocycles. The Morgan fingerprint density at radius 3 is 2.61 bits per heavy atom. The van der Waals surface area contributed by atoms with Crippen LogP contribution in [0.25, 0.3) is 22.2 Å². The van der Waals surface area contributed by atoms with Gasteiger partial charge in [-0.3, -0.25) is 0 Å². The van der Waals surface area contributed by atoms with Crippen molar-refractivity contribution >= 4 is 28.4 Å². The number of benzene rings is 2. The van der Waals surface area contributed by atoms with E-state index < -0.39 is 0 Å². The largest absolute Gasteiger partial charge is 0.350 e. The minimum absolute atomic E-state index is 0.255. The molecule has 1 aliphatic rings. The lowest BCUT2D eigenvalue weighted by molar-refractivity contribution is 0.495. The summed E-state index contributed by atoms with van der Waals surface area (Å²) in [5.41, 5.74) is 11.6. The number of aromatic nitrogens is 5. The van der Waals surface area contributed by atoms with Crippen LogP contribution in [0.1, 0.15) is 43.7 Å². The van der Waals surface area contributed by atoms with Crippen LogP contribution in [0.5, 0.6) is 0 Å². The first-order valence-electron chi connectivity index (χ1n) is 12.7. The van der Waals surface area contributed by atoms with Crippen molar-refractivity contribution in [3.63, 3.8) is 0 Å². The number of nitrogens with one attached hydrogen (secondary N) is 1. The summed E-state index contributed by atoms with van der Waals surface area (Å²) in [5, 5.41) is 9.45. The Bertz CT molecular complexity index is 1510. The zero-order chi connectivity index (χ0) is 24.6. The van der Waals surface area contributed by atoms with E-state index in [0.717, 1.165) is 48.8 Å². The maximum absolute atomic E-state index is 6.15. The Hall–Kier alpha value is -3.91. The molecule has 0 saturated carbocycles. The highest BCUT2D eigenvalue weighted by molar-refractivity contribution is 5.82. The van der Waals surface area contributed by atoms with Crippen molar-refractivity contribution in [1.29, 1.82) is 0 Å². The van der Waals surface area contributed by atoms with Gasteiger partial charge in [-0.15, -0.1) is 0 Å². The first kappa shape index (κ1) is 22.5. The van der Waals surface area contributed by atoms with E-state index in [-0.39, 0.29) is 6.04 Å². The van der Waals surface area contributed by atoms with E-state index in [0.29, 0.717) is 18.4 Å². The predicted octanol–water partition coefficient (Wildman–Crippen LogP) is 4.73. The molecule has 8 nitrogen and oxygen atoms in total. The zero-order valence-corrected chi connectivity index (χ0v) is 20.8. The number of fused-ring (bicyclic) bond motifs is 2. The number of hydrogen-bond donors (Lipinski definition) is 2. The third-order valence-electron chi connectivity index (χ3n) is 7.12. The highest BCUT2D eigenvalue weighted by atomic mass is 15.4. The van der Waals surface area contributed by atoms with Crippen LogP contribution in [0.3, 0.4) is 0 Å². The van der Waals surface area contributed by atoms with Crippen LogP contribution < -0.4 is 16.0 Å². The second-order valence-electron chi connectivity index (χ2n) is 9.89. The Kier molecular flexibility index (Phi) is 5.81. The molecular formula is C28H32N8. The van der Waals surface area contributed by atoms with Gasteiger partial charge in [0.15, 0.2) is 5.65 Å². The van der Waals surface area contributed by atoms with Crippen LogP contribution >= 0.6 is 0 Å². The smallest absolute Gasteiger partial charge is 0.230 e. The molecule has 0 unspecified atom stereocenters. The molecule has 3 aromatic heterocycles. The van der Waals surface area contributed by atoms with Gasteiger partial charge >= 0.3 is 0 Å². The van der Waals surface area contributed by atoms with Gasteiger partial charge in [0.2, 0.25) is 11.9 Å². The van der Waals surface area contributed by atoms with E-state index >= 15 is 0 Å².